The number of amides is 1. The zero-order chi connectivity index (χ0) is 24.2. The number of anilines is 1. The predicted octanol–water partition coefficient (Wildman–Crippen LogP) is 4.30. The van der Waals surface area contributed by atoms with Gasteiger partial charge in [-0.25, -0.2) is 14.4 Å². The minimum absolute atomic E-state index is 0.0538. The van der Waals surface area contributed by atoms with Gasteiger partial charge in [-0.05, 0) is 43.7 Å². The largest absolute Gasteiger partial charge is 0.494 e. The Balaban J connectivity index is 1.47. The summed E-state index contributed by atoms with van der Waals surface area (Å²) >= 11 is 0. The van der Waals surface area contributed by atoms with Crippen molar-refractivity contribution in [1.29, 1.82) is 0 Å². The Bertz CT molecular complexity index is 1450. The molecule has 1 N–H and O–H groups in total. The zero-order valence-electron chi connectivity index (χ0n) is 19.4. The van der Waals surface area contributed by atoms with Crippen LogP contribution in [0.2, 0.25) is 0 Å². The zero-order valence-corrected chi connectivity index (χ0v) is 19.4. The van der Waals surface area contributed by atoms with E-state index < -0.39 is 5.41 Å². The summed E-state index contributed by atoms with van der Waals surface area (Å²) in [6.45, 7) is 3.75. The van der Waals surface area contributed by atoms with E-state index in [1.165, 1.54) is 18.5 Å². The Labute approximate surface area is 201 Å². The number of aromatic nitrogens is 4. The monoisotopic (exact) mass is 473 g/mol. The SMILES string of the molecule is CCn1cc(-c2ncnc3cc(OC)c(NC(=O)C45COCC4C5)cc23)c(-c2ccc(F)cc2)n1. The van der Waals surface area contributed by atoms with Crippen LogP contribution in [0.15, 0.2) is 48.9 Å². The molecule has 1 aliphatic carbocycles. The normalized spacial score (nSPS) is 20.6. The lowest BCUT2D eigenvalue weighted by atomic mass is 10.0. The van der Waals surface area contributed by atoms with Crippen LogP contribution in [-0.2, 0) is 16.1 Å². The molecule has 178 valence electrons. The van der Waals surface area contributed by atoms with Crippen molar-refractivity contribution in [3.8, 4) is 28.3 Å². The van der Waals surface area contributed by atoms with Crippen LogP contribution in [0.4, 0.5) is 10.1 Å². The highest BCUT2D eigenvalue weighted by Crippen LogP contribution is 2.57. The molecule has 1 saturated heterocycles. The van der Waals surface area contributed by atoms with Crippen LogP contribution in [-0.4, -0.2) is 46.0 Å². The van der Waals surface area contributed by atoms with Crippen molar-refractivity contribution >= 4 is 22.5 Å². The van der Waals surface area contributed by atoms with Gasteiger partial charge in [0, 0.05) is 41.2 Å². The first-order valence-electron chi connectivity index (χ1n) is 11.6. The fourth-order valence-corrected chi connectivity index (χ4v) is 4.89. The summed E-state index contributed by atoms with van der Waals surface area (Å²) in [5, 5.41) is 8.52. The highest BCUT2D eigenvalue weighted by molar-refractivity contribution is 6.04. The molecule has 2 aromatic heterocycles. The summed E-state index contributed by atoms with van der Waals surface area (Å²) in [4.78, 5) is 22.2. The van der Waals surface area contributed by atoms with Crippen LogP contribution in [0.5, 0.6) is 5.75 Å². The number of hydrogen-bond acceptors (Lipinski definition) is 6. The molecule has 1 aliphatic heterocycles. The Morgan fingerprint density at radius 3 is 2.77 bits per heavy atom. The maximum Gasteiger partial charge on any atom is 0.233 e. The average Bonchev–Trinajstić information content (AvgIpc) is 3.21. The highest BCUT2D eigenvalue weighted by Gasteiger charge is 2.63. The number of methoxy groups -OCH3 is 1. The molecular formula is C26H24FN5O3. The van der Waals surface area contributed by atoms with Gasteiger partial charge in [0.05, 0.1) is 42.6 Å². The number of carbonyl (C=O) groups is 1. The van der Waals surface area contributed by atoms with Gasteiger partial charge in [-0.3, -0.25) is 9.48 Å². The molecule has 0 spiro atoms. The molecule has 2 aliphatic rings. The van der Waals surface area contributed by atoms with Gasteiger partial charge >= 0.3 is 0 Å². The van der Waals surface area contributed by atoms with Gasteiger partial charge in [0.25, 0.3) is 0 Å². The van der Waals surface area contributed by atoms with Crippen molar-refractivity contribution < 1.29 is 18.7 Å². The molecule has 1 saturated carbocycles. The summed E-state index contributed by atoms with van der Waals surface area (Å²) in [6.07, 6.45) is 4.27. The van der Waals surface area contributed by atoms with Crippen LogP contribution in [0.25, 0.3) is 33.4 Å². The van der Waals surface area contributed by atoms with E-state index in [4.69, 9.17) is 14.6 Å². The van der Waals surface area contributed by atoms with Gasteiger partial charge < -0.3 is 14.8 Å². The van der Waals surface area contributed by atoms with E-state index in [9.17, 15) is 9.18 Å². The number of carbonyl (C=O) groups excluding carboxylic acids is 1. The van der Waals surface area contributed by atoms with E-state index in [1.54, 1.807) is 25.3 Å². The van der Waals surface area contributed by atoms with Gasteiger partial charge in [-0.15, -0.1) is 0 Å². The summed E-state index contributed by atoms with van der Waals surface area (Å²) in [6, 6.07) is 9.88. The number of halogens is 1. The summed E-state index contributed by atoms with van der Waals surface area (Å²) in [5.41, 5.74) is 3.72. The lowest BCUT2D eigenvalue weighted by molar-refractivity contribution is -0.121. The van der Waals surface area contributed by atoms with E-state index >= 15 is 0 Å². The van der Waals surface area contributed by atoms with Crippen LogP contribution >= 0.6 is 0 Å². The van der Waals surface area contributed by atoms with Gasteiger partial charge in [0.2, 0.25) is 5.91 Å². The molecule has 8 nitrogen and oxygen atoms in total. The third-order valence-electron chi connectivity index (χ3n) is 7.03. The molecule has 9 heteroatoms. The smallest absolute Gasteiger partial charge is 0.233 e. The maximum absolute atomic E-state index is 13.6. The van der Waals surface area contributed by atoms with Crippen LogP contribution < -0.4 is 10.1 Å². The third kappa shape index (κ3) is 3.54. The standard InChI is InChI=1S/C26H24FN5O3/c1-3-32-11-19(23(31-32)15-4-6-17(27)7-5-15)24-18-8-21(22(34-2)9-20(18)28-14-29-24)30-25(33)26-10-16(26)12-35-13-26/h4-9,11,14,16H,3,10,12-13H2,1-2H3,(H,30,33). The fourth-order valence-electron chi connectivity index (χ4n) is 4.89. The molecule has 2 unspecified atom stereocenters. The Kier molecular flexibility index (Phi) is 5.03. The average molecular weight is 474 g/mol. The Morgan fingerprint density at radius 1 is 1.26 bits per heavy atom. The molecule has 6 rings (SSSR count). The van der Waals surface area contributed by atoms with E-state index in [1.807, 2.05) is 23.9 Å². The van der Waals surface area contributed by atoms with E-state index in [2.05, 4.69) is 15.3 Å². The van der Waals surface area contributed by atoms with Crippen molar-refractivity contribution in [2.75, 3.05) is 25.6 Å². The molecule has 2 aromatic carbocycles. The third-order valence-corrected chi connectivity index (χ3v) is 7.03. The molecule has 0 bridgehead atoms. The van der Waals surface area contributed by atoms with Crippen molar-refractivity contribution in [3.63, 3.8) is 0 Å². The van der Waals surface area contributed by atoms with Gasteiger partial charge in [0.1, 0.15) is 23.6 Å². The lowest BCUT2D eigenvalue weighted by Gasteiger charge is -2.16. The Morgan fingerprint density at radius 2 is 2.09 bits per heavy atom. The first-order chi connectivity index (χ1) is 17.0. The molecule has 35 heavy (non-hydrogen) atoms. The van der Waals surface area contributed by atoms with E-state index in [0.717, 1.165) is 22.9 Å². The highest BCUT2D eigenvalue weighted by atomic mass is 19.1. The predicted molar refractivity (Wildman–Crippen MR) is 128 cm³/mol. The number of rotatable bonds is 6. The second-order valence-corrected chi connectivity index (χ2v) is 9.07. The van der Waals surface area contributed by atoms with Crippen molar-refractivity contribution in [2.45, 2.75) is 19.9 Å². The second kappa shape index (κ2) is 8.13. The van der Waals surface area contributed by atoms with Gasteiger partial charge in [-0.1, -0.05) is 0 Å². The number of nitrogens with zero attached hydrogens (tertiary/aromatic N) is 4. The molecule has 3 heterocycles. The van der Waals surface area contributed by atoms with Crippen molar-refractivity contribution in [3.05, 3.63) is 54.7 Å². The first-order valence-corrected chi connectivity index (χ1v) is 11.6. The number of nitrogens with one attached hydrogen (secondary N) is 1. The topological polar surface area (TPSA) is 91.2 Å². The number of ether oxygens (including phenoxy) is 2. The molecule has 0 radical (unpaired) electrons. The molecular weight excluding hydrogens is 449 g/mol. The number of aryl methyl sites for hydroxylation is 1. The quantitative estimate of drug-likeness (QED) is 0.449. The van der Waals surface area contributed by atoms with Crippen LogP contribution in [0.1, 0.15) is 13.3 Å². The van der Waals surface area contributed by atoms with Gasteiger partial charge in [0.15, 0.2) is 0 Å². The molecule has 1 amide bonds. The minimum Gasteiger partial charge on any atom is -0.494 e. The number of fused-ring (bicyclic) bond motifs is 2. The Hall–Kier alpha value is -3.85. The maximum atomic E-state index is 13.6. The first kappa shape index (κ1) is 21.7. The lowest BCUT2D eigenvalue weighted by Crippen LogP contribution is -2.27. The molecule has 4 aromatic rings. The number of hydrogen-bond donors (Lipinski definition) is 1. The summed E-state index contributed by atoms with van der Waals surface area (Å²) < 4.78 is 26.5. The summed E-state index contributed by atoms with van der Waals surface area (Å²) in [5.74, 6) is 0.439. The van der Waals surface area contributed by atoms with Crippen molar-refractivity contribution in [2.24, 2.45) is 11.3 Å². The molecule has 2 fully saturated rings. The van der Waals surface area contributed by atoms with E-state index in [-0.39, 0.29) is 17.6 Å². The number of benzene rings is 2. The minimum atomic E-state index is -0.437. The van der Waals surface area contributed by atoms with Crippen LogP contribution in [0, 0.1) is 17.2 Å². The fraction of sp³-hybridized carbons (Fsp3) is 0.308. The van der Waals surface area contributed by atoms with Gasteiger partial charge in [-0.2, -0.15) is 5.10 Å². The summed E-state index contributed by atoms with van der Waals surface area (Å²) in [7, 11) is 1.56. The van der Waals surface area contributed by atoms with Crippen molar-refractivity contribution in [1.82, 2.24) is 19.7 Å². The second-order valence-electron chi connectivity index (χ2n) is 9.07. The van der Waals surface area contributed by atoms with E-state index in [0.29, 0.717) is 48.1 Å². The van der Waals surface area contributed by atoms with Crippen LogP contribution in [0.3, 0.4) is 0 Å². The molecule has 2 atom stereocenters.